The van der Waals surface area contributed by atoms with E-state index in [-0.39, 0.29) is 5.69 Å². The van der Waals surface area contributed by atoms with Gasteiger partial charge >= 0.3 is 11.7 Å². The number of aromatic nitrogens is 2. The van der Waals surface area contributed by atoms with Crippen molar-refractivity contribution < 1.29 is 9.90 Å². The van der Waals surface area contributed by atoms with E-state index in [9.17, 15) is 14.4 Å². The van der Waals surface area contributed by atoms with E-state index in [1.54, 1.807) is 0 Å². The van der Waals surface area contributed by atoms with Crippen molar-refractivity contribution in [3.8, 4) is 0 Å². The predicted octanol–water partition coefficient (Wildman–Crippen LogP) is 3.94. The van der Waals surface area contributed by atoms with E-state index in [2.05, 4.69) is 11.9 Å². The summed E-state index contributed by atoms with van der Waals surface area (Å²) in [6.45, 7) is 2.56. The third-order valence-corrected chi connectivity index (χ3v) is 4.49. The summed E-state index contributed by atoms with van der Waals surface area (Å²) in [4.78, 5) is 36.2. The number of nitrogens with zero attached hydrogens (tertiary/aromatic N) is 1. The third-order valence-electron chi connectivity index (χ3n) is 4.49. The van der Waals surface area contributed by atoms with Crippen molar-refractivity contribution in [3.05, 3.63) is 32.6 Å². The Morgan fingerprint density at radius 3 is 1.88 bits per heavy atom. The highest BCUT2D eigenvalue weighted by Crippen LogP contribution is 2.12. The van der Waals surface area contributed by atoms with Crippen molar-refractivity contribution in [1.29, 1.82) is 0 Å². The van der Waals surface area contributed by atoms with Gasteiger partial charge in [0.15, 0.2) is 0 Å². The molecule has 1 aromatic heterocycles. The Morgan fingerprint density at radius 2 is 1.40 bits per heavy atom. The normalized spacial score (nSPS) is 10.9. The Balaban J connectivity index is 2.16. The molecule has 1 heterocycles. The minimum Gasteiger partial charge on any atom is -0.477 e. The number of hydrogen-bond donors (Lipinski definition) is 2. The van der Waals surface area contributed by atoms with Gasteiger partial charge in [0, 0.05) is 12.6 Å². The van der Waals surface area contributed by atoms with E-state index in [4.69, 9.17) is 5.11 Å². The standard InChI is InChI=1S/C19H32N2O4/c1-2-3-4-5-6-7-8-9-10-11-12-13-14-21-16(18(23)24)15-17(22)20-19(21)25/h15H,2-14H2,1H3,(H,23,24)(H,20,22,25). The molecule has 0 amide bonds. The van der Waals surface area contributed by atoms with E-state index >= 15 is 0 Å². The summed E-state index contributed by atoms with van der Waals surface area (Å²) in [6.07, 6.45) is 14.5. The van der Waals surface area contributed by atoms with Crippen molar-refractivity contribution >= 4 is 5.97 Å². The number of carboxylic acid groups (broad SMARTS) is 1. The zero-order valence-corrected chi connectivity index (χ0v) is 15.4. The molecule has 0 spiro atoms. The highest BCUT2D eigenvalue weighted by atomic mass is 16.4. The van der Waals surface area contributed by atoms with Gasteiger partial charge in [-0.25, -0.2) is 9.59 Å². The Kier molecular flexibility index (Phi) is 10.6. The highest BCUT2D eigenvalue weighted by Gasteiger charge is 2.12. The minimum absolute atomic E-state index is 0.239. The smallest absolute Gasteiger partial charge is 0.352 e. The predicted molar refractivity (Wildman–Crippen MR) is 99.4 cm³/mol. The van der Waals surface area contributed by atoms with Crippen LogP contribution < -0.4 is 11.2 Å². The molecule has 0 fully saturated rings. The summed E-state index contributed by atoms with van der Waals surface area (Å²) in [7, 11) is 0. The zero-order valence-electron chi connectivity index (χ0n) is 15.4. The van der Waals surface area contributed by atoms with Gasteiger partial charge in [-0.05, 0) is 6.42 Å². The van der Waals surface area contributed by atoms with E-state index < -0.39 is 17.2 Å². The molecule has 1 rings (SSSR count). The highest BCUT2D eigenvalue weighted by molar-refractivity contribution is 5.85. The first kappa shape index (κ1) is 21.2. The molecule has 0 saturated heterocycles. The van der Waals surface area contributed by atoms with Crippen LogP contribution in [0.5, 0.6) is 0 Å². The van der Waals surface area contributed by atoms with Crippen molar-refractivity contribution in [2.75, 3.05) is 0 Å². The molecule has 0 aliphatic carbocycles. The molecule has 2 N–H and O–H groups in total. The fraction of sp³-hybridized carbons (Fsp3) is 0.737. The summed E-state index contributed by atoms with van der Waals surface area (Å²) in [5.41, 5.74) is -1.56. The Hall–Kier alpha value is -1.85. The maximum absolute atomic E-state index is 11.7. The topological polar surface area (TPSA) is 92.2 Å². The molecule has 0 aliphatic rings. The molecule has 0 saturated carbocycles. The number of aromatic carboxylic acids is 1. The molecule has 25 heavy (non-hydrogen) atoms. The fourth-order valence-corrected chi connectivity index (χ4v) is 3.03. The summed E-state index contributed by atoms with van der Waals surface area (Å²) in [6, 6.07) is 0.963. The van der Waals surface area contributed by atoms with Gasteiger partial charge in [-0.2, -0.15) is 0 Å². The van der Waals surface area contributed by atoms with Crippen LogP contribution in [0.2, 0.25) is 0 Å². The first-order valence-electron chi connectivity index (χ1n) is 9.63. The van der Waals surface area contributed by atoms with Crippen molar-refractivity contribution in [1.82, 2.24) is 9.55 Å². The molecular weight excluding hydrogens is 320 g/mol. The summed E-state index contributed by atoms with van der Waals surface area (Å²) < 4.78 is 1.14. The lowest BCUT2D eigenvalue weighted by molar-refractivity contribution is 0.0682. The van der Waals surface area contributed by atoms with Gasteiger partial charge in [-0.3, -0.25) is 14.3 Å². The van der Waals surface area contributed by atoms with Gasteiger partial charge in [0.1, 0.15) is 5.69 Å². The van der Waals surface area contributed by atoms with Crippen molar-refractivity contribution in [2.24, 2.45) is 0 Å². The van der Waals surface area contributed by atoms with Gasteiger partial charge in [0.2, 0.25) is 0 Å². The molecular formula is C19H32N2O4. The molecule has 0 unspecified atom stereocenters. The summed E-state index contributed by atoms with van der Waals surface area (Å²) in [5.74, 6) is -1.25. The number of carbonyl (C=O) groups is 1. The Morgan fingerprint density at radius 1 is 0.920 bits per heavy atom. The van der Waals surface area contributed by atoms with E-state index in [0.29, 0.717) is 6.54 Å². The second-order valence-electron chi connectivity index (χ2n) is 6.67. The van der Waals surface area contributed by atoms with Crippen LogP contribution in [0, 0.1) is 0 Å². The van der Waals surface area contributed by atoms with Crippen molar-refractivity contribution in [3.63, 3.8) is 0 Å². The molecule has 6 heteroatoms. The number of hydrogen-bond acceptors (Lipinski definition) is 3. The maximum Gasteiger partial charge on any atom is 0.352 e. The summed E-state index contributed by atoms with van der Waals surface area (Å²) >= 11 is 0. The lowest BCUT2D eigenvalue weighted by Crippen LogP contribution is -2.33. The Labute approximate surface area is 149 Å². The first-order chi connectivity index (χ1) is 12.1. The van der Waals surface area contributed by atoms with Gasteiger partial charge in [-0.15, -0.1) is 0 Å². The van der Waals surface area contributed by atoms with Crippen LogP contribution in [0.1, 0.15) is 94.5 Å². The van der Waals surface area contributed by atoms with Crippen LogP contribution in [-0.2, 0) is 6.54 Å². The number of nitrogens with one attached hydrogen (secondary N) is 1. The number of rotatable bonds is 14. The number of carboxylic acids is 1. The maximum atomic E-state index is 11.7. The average Bonchev–Trinajstić information content (AvgIpc) is 2.56. The number of H-pyrrole nitrogens is 1. The monoisotopic (exact) mass is 352 g/mol. The van der Waals surface area contributed by atoms with Crippen LogP contribution in [0.3, 0.4) is 0 Å². The van der Waals surface area contributed by atoms with Crippen LogP contribution in [0.4, 0.5) is 0 Å². The SMILES string of the molecule is CCCCCCCCCCCCCCn1c(C(=O)O)cc(=O)[nH]c1=O. The fourth-order valence-electron chi connectivity index (χ4n) is 3.03. The number of unbranched alkanes of at least 4 members (excludes halogenated alkanes) is 11. The van der Waals surface area contributed by atoms with Gasteiger partial charge in [-0.1, -0.05) is 77.6 Å². The summed E-state index contributed by atoms with van der Waals surface area (Å²) in [5, 5.41) is 9.09. The molecule has 1 aromatic rings. The molecule has 142 valence electrons. The minimum atomic E-state index is -1.25. The number of aromatic amines is 1. The van der Waals surface area contributed by atoms with E-state index in [1.807, 2.05) is 0 Å². The molecule has 0 atom stereocenters. The van der Waals surface area contributed by atoms with E-state index in [0.717, 1.165) is 29.9 Å². The lowest BCUT2D eigenvalue weighted by Gasteiger charge is -2.08. The molecule has 0 aromatic carbocycles. The Bertz CT molecular complexity index is 619. The van der Waals surface area contributed by atoms with Crippen LogP contribution in [0.25, 0.3) is 0 Å². The van der Waals surface area contributed by atoms with Gasteiger partial charge < -0.3 is 5.11 Å². The molecule has 6 nitrogen and oxygen atoms in total. The van der Waals surface area contributed by atoms with E-state index in [1.165, 1.54) is 57.8 Å². The molecule has 0 aliphatic heterocycles. The van der Waals surface area contributed by atoms with Crippen LogP contribution in [-0.4, -0.2) is 20.6 Å². The van der Waals surface area contributed by atoms with Crippen LogP contribution in [0.15, 0.2) is 15.7 Å². The first-order valence-corrected chi connectivity index (χ1v) is 9.63. The lowest BCUT2D eigenvalue weighted by atomic mass is 10.1. The molecule has 0 bridgehead atoms. The average molecular weight is 352 g/mol. The van der Waals surface area contributed by atoms with Gasteiger partial charge in [0.25, 0.3) is 5.56 Å². The third kappa shape index (κ3) is 8.70. The quantitative estimate of drug-likeness (QED) is 0.496. The second-order valence-corrected chi connectivity index (χ2v) is 6.67. The van der Waals surface area contributed by atoms with Crippen molar-refractivity contribution in [2.45, 2.75) is 90.5 Å². The zero-order chi connectivity index (χ0) is 18.5. The second kappa shape index (κ2) is 12.5. The largest absolute Gasteiger partial charge is 0.477 e. The van der Waals surface area contributed by atoms with Gasteiger partial charge in [0.05, 0.1) is 0 Å². The molecule has 0 radical (unpaired) electrons. The van der Waals surface area contributed by atoms with Crippen LogP contribution >= 0.6 is 0 Å².